The Hall–Kier alpha value is -1.97. The smallest absolute Gasteiger partial charge is 0.318 e. The van der Waals surface area contributed by atoms with Gasteiger partial charge in [0.15, 0.2) is 6.39 Å². The van der Waals surface area contributed by atoms with Gasteiger partial charge in [-0.1, -0.05) is 57.4 Å². The first kappa shape index (κ1) is 34.2. The van der Waals surface area contributed by atoms with E-state index in [1.165, 1.54) is 12.0 Å². The largest absolute Gasteiger partial charge is 0.480 e. The maximum Gasteiger partial charge on any atom is 0.318 e. The Bertz CT molecular complexity index is 1030. The van der Waals surface area contributed by atoms with Crippen LogP contribution in [0.5, 0.6) is 0 Å². The van der Waals surface area contributed by atoms with Crippen molar-refractivity contribution in [2.45, 2.75) is 109 Å². The molecule has 1 heterocycles. The van der Waals surface area contributed by atoms with Gasteiger partial charge in [0.2, 0.25) is 0 Å². The number of carbonyl (C=O) groups excluding carboxylic acids is 1. The number of thioether (sulfide) groups is 1. The summed E-state index contributed by atoms with van der Waals surface area (Å²) >= 11 is 5.66. The first-order valence-corrected chi connectivity index (χ1v) is 16.1. The van der Waals surface area contributed by atoms with E-state index >= 15 is 0 Å². The van der Waals surface area contributed by atoms with Crippen molar-refractivity contribution in [1.82, 2.24) is 4.98 Å². The van der Waals surface area contributed by atoms with Crippen LogP contribution >= 0.6 is 24.4 Å². The van der Waals surface area contributed by atoms with Gasteiger partial charge in [0.25, 0.3) is 0 Å². The van der Waals surface area contributed by atoms with E-state index in [-0.39, 0.29) is 28.7 Å². The predicted molar refractivity (Wildman–Crippen MR) is 164 cm³/mol. The Balaban J connectivity index is 0.000000478. The normalized spacial score (nSPS) is 19.1. The predicted octanol–water partition coefficient (Wildman–Crippen LogP) is 7.59. The zero-order chi connectivity index (χ0) is 29.5. The molecule has 3 rings (SSSR count). The summed E-state index contributed by atoms with van der Waals surface area (Å²) in [6.07, 6.45) is 9.01. The molecule has 224 valence electrons. The maximum absolute atomic E-state index is 11.5. The molecule has 0 radical (unpaired) electrons. The van der Waals surface area contributed by atoms with E-state index in [4.69, 9.17) is 13.9 Å². The molecule has 0 aliphatic heterocycles. The third-order valence-electron chi connectivity index (χ3n) is 7.04. The van der Waals surface area contributed by atoms with Gasteiger partial charge in [-0.2, -0.15) is 12.6 Å². The van der Waals surface area contributed by atoms with Crippen molar-refractivity contribution in [1.29, 1.82) is 0 Å². The third-order valence-corrected chi connectivity index (χ3v) is 9.02. The minimum atomic E-state index is -0.688. The summed E-state index contributed by atoms with van der Waals surface area (Å²) in [6, 6.07) is 8.27. The Labute approximate surface area is 249 Å². The molecule has 0 saturated heterocycles. The minimum absolute atomic E-state index is 0.138. The number of hydrogen-bond acceptors (Lipinski definition) is 8. The van der Waals surface area contributed by atoms with Gasteiger partial charge in [-0.3, -0.25) is 9.59 Å². The highest BCUT2D eigenvalue weighted by atomic mass is 32.2. The van der Waals surface area contributed by atoms with Crippen molar-refractivity contribution < 1.29 is 28.6 Å². The molecule has 5 atom stereocenters. The molecule has 1 aliphatic rings. The number of carboxylic acid groups (broad SMARTS) is 1. The number of oxazole rings is 1. The lowest BCUT2D eigenvalue weighted by Crippen LogP contribution is -2.28. The molecule has 7 nitrogen and oxygen atoms in total. The van der Waals surface area contributed by atoms with E-state index in [1.807, 2.05) is 32.9 Å². The second kappa shape index (κ2) is 18.5. The van der Waals surface area contributed by atoms with Crippen LogP contribution in [0.25, 0.3) is 0 Å². The number of carboxylic acids is 1. The van der Waals surface area contributed by atoms with E-state index in [1.54, 1.807) is 18.7 Å². The number of aryl methyl sites for hydroxylation is 2. The highest BCUT2D eigenvalue weighted by molar-refractivity contribution is 8.00. The molecular weight excluding hydrogens is 546 g/mol. The molecule has 3 unspecified atom stereocenters. The van der Waals surface area contributed by atoms with Crippen molar-refractivity contribution in [3.63, 3.8) is 0 Å². The quantitative estimate of drug-likeness (QED) is 0.171. The zero-order valence-corrected chi connectivity index (χ0v) is 26.3. The van der Waals surface area contributed by atoms with Crippen LogP contribution in [0, 0.1) is 19.8 Å². The number of aromatic nitrogens is 1. The maximum atomic E-state index is 11.5. The van der Waals surface area contributed by atoms with E-state index in [2.05, 4.69) is 36.7 Å². The van der Waals surface area contributed by atoms with E-state index in [0.717, 1.165) is 74.1 Å². The van der Waals surface area contributed by atoms with Crippen molar-refractivity contribution in [2.75, 3.05) is 12.4 Å². The van der Waals surface area contributed by atoms with Gasteiger partial charge in [-0.05, 0) is 75.7 Å². The van der Waals surface area contributed by atoms with Crippen molar-refractivity contribution in [3.8, 4) is 0 Å². The molecule has 1 N–H and O–H groups in total. The number of hydrogen-bond donors (Lipinski definition) is 2. The lowest BCUT2D eigenvalue weighted by molar-refractivity contribution is -0.142. The molecule has 1 fully saturated rings. The summed E-state index contributed by atoms with van der Waals surface area (Å²) in [5.41, 5.74) is 3.14. The van der Waals surface area contributed by atoms with E-state index < -0.39 is 5.97 Å². The van der Waals surface area contributed by atoms with Crippen molar-refractivity contribution in [3.05, 3.63) is 53.2 Å². The lowest BCUT2D eigenvalue weighted by atomic mass is 9.88. The molecule has 0 bridgehead atoms. The summed E-state index contributed by atoms with van der Waals surface area (Å²) in [4.78, 5) is 26.8. The monoisotopic (exact) mass is 593 g/mol. The fourth-order valence-corrected chi connectivity index (χ4v) is 6.55. The number of aliphatic carboxylic acids is 1. The number of rotatable bonds is 14. The first-order valence-electron chi connectivity index (χ1n) is 14.5. The molecule has 0 spiro atoms. The topological polar surface area (TPSA) is 98.9 Å². The Kier molecular flexibility index (Phi) is 15.8. The number of carbonyl (C=O) groups is 2. The van der Waals surface area contributed by atoms with Gasteiger partial charge in [-0.15, -0.1) is 11.8 Å². The van der Waals surface area contributed by atoms with Gasteiger partial charge in [0.1, 0.15) is 22.8 Å². The van der Waals surface area contributed by atoms with Crippen LogP contribution in [0.3, 0.4) is 0 Å². The highest BCUT2D eigenvalue weighted by Crippen LogP contribution is 2.37. The van der Waals surface area contributed by atoms with Gasteiger partial charge in [0.05, 0.1) is 18.0 Å². The fraction of sp³-hybridized carbons (Fsp3) is 0.645. The zero-order valence-electron chi connectivity index (χ0n) is 24.6. The molecular formula is C31H47NO6S2. The Morgan fingerprint density at radius 1 is 1.15 bits per heavy atom. The van der Waals surface area contributed by atoms with Crippen LogP contribution in [-0.4, -0.2) is 51.0 Å². The molecule has 40 heavy (non-hydrogen) atoms. The van der Waals surface area contributed by atoms with Crippen molar-refractivity contribution >= 4 is 36.3 Å². The van der Waals surface area contributed by atoms with Crippen molar-refractivity contribution in [2.24, 2.45) is 5.92 Å². The number of thiol groups is 1. The second-order valence-electron chi connectivity index (χ2n) is 10.3. The lowest BCUT2D eigenvalue weighted by Gasteiger charge is -2.32. The van der Waals surface area contributed by atoms with Crippen LogP contribution in [0.4, 0.5) is 0 Å². The van der Waals surface area contributed by atoms with Crippen LogP contribution in [-0.2, 0) is 19.1 Å². The number of nitrogens with zero attached hydrogens (tertiary/aromatic N) is 1. The van der Waals surface area contributed by atoms with Crippen LogP contribution < -0.4 is 0 Å². The summed E-state index contributed by atoms with van der Waals surface area (Å²) in [7, 11) is 0. The van der Waals surface area contributed by atoms with Gasteiger partial charge >= 0.3 is 11.9 Å². The highest BCUT2D eigenvalue weighted by Gasteiger charge is 2.30. The number of ether oxygens (including phenoxy) is 2. The summed E-state index contributed by atoms with van der Waals surface area (Å²) in [5.74, 6) is 1.27. The second-order valence-corrected chi connectivity index (χ2v) is 12.2. The fourth-order valence-electron chi connectivity index (χ4n) is 4.86. The van der Waals surface area contributed by atoms with Gasteiger partial charge in [-0.25, -0.2) is 4.98 Å². The average molecular weight is 594 g/mol. The van der Waals surface area contributed by atoms with E-state index in [9.17, 15) is 14.7 Å². The standard InChI is InChI=1S/C24H33NO4S.C7H14O2S/c1-4-8-21(24(26)27)30-14-18-10-7-11-19(13-18)29-23(22-17(3)28-15-25-22)20-12-6-5-9-16(20)2;1-3-5-6(10)7(8)9-4-2/h5-6,9,12,15,18-19,21,23H,4,7-8,10-11,13-14H2,1-3H3,(H,26,27);6,10H,3-5H2,1-2H3/t18-,19+,21?,23?;/m1./s1. The Morgan fingerprint density at radius 3 is 2.48 bits per heavy atom. The molecule has 2 aromatic rings. The first-order chi connectivity index (χ1) is 19.2. The summed E-state index contributed by atoms with van der Waals surface area (Å²) in [6.45, 7) is 10.3. The van der Waals surface area contributed by atoms with Gasteiger partial charge < -0.3 is 19.0 Å². The van der Waals surface area contributed by atoms with Crippen LogP contribution in [0.2, 0.25) is 0 Å². The summed E-state index contributed by atoms with van der Waals surface area (Å²) in [5, 5.41) is 8.90. The van der Waals surface area contributed by atoms with Crippen LogP contribution in [0.1, 0.15) is 101 Å². The average Bonchev–Trinajstić information content (AvgIpc) is 3.36. The number of esters is 1. The summed E-state index contributed by atoms with van der Waals surface area (Å²) < 4.78 is 16.9. The Morgan fingerprint density at radius 2 is 1.88 bits per heavy atom. The third kappa shape index (κ3) is 11.1. The molecule has 9 heteroatoms. The number of benzene rings is 1. The molecule has 1 aromatic carbocycles. The molecule has 0 amide bonds. The van der Waals surface area contributed by atoms with E-state index in [0.29, 0.717) is 12.5 Å². The van der Waals surface area contributed by atoms with Gasteiger partial charge in [0, 0.05) is 0 Å². The van der Waals surface area contributed by atoms with Crippen LogP contribution in [0.15, 0.2) is 35.1 Å². The molecule has 1 saturated carbocycles. The molecule has 1 aliphatic carbocycles. The minimum Gasteiger partial charge on any atom is -0.480 e. The molecule has 1 aromatic heterocycles. The SMILES string of the molecule is CCCC(S)C(=O)OCC.CCCC(SC[C@@H]1CCC[C@H](OC(c2ccccc2C)c2ncoc2C)C1)C(=O)O.